The fourth-order valence-corrected chi connectivity index (χ4v) is 3.70. The summed E-state index contributed by atoms with van der Waals surface area (Å²) in [5.74, 6) is 1.83. The minimum Gasteiger partial charge on any atom is -0.356 e. The van der Waals surface area contributed by atoms with Gasteiger partial charge in [-0.1, -0.05) is 38.5 Å². The van der Waals surface area contributed by atoms with E-state index in [9.17, 15) is 4.79 Å². The van der Waals surface area contributed by atoms with E-state index in [-0.39, 0.29) is 5.91 Å². The van der Waals surface area contributed by atoms with Crippen molar-refractivity contribution in [3.05, 3.63) is 5.82 Å². The molecule has 1 aromatic heterocycles. The van der Waals surface area contributed by atoms with Gasteiger partial charge >= 0.3 is 0 Å². The largest absolute Gasteiger partial charge is 0.356 e. The zero-order chi connectivity index (χ0) is 16.7. The van der Waals surface area contributed by atoms with E-state index in [0.717, 1.165) is 36.8 Å². The Morgan fingerprint density at radius 2 is 2.09 bits per heavy atom. The first-order chi connectivity index (χ1) is 11.1. The molecule has 1 fully saturated rings. The molecule has 1 heterocycles. The van der Waals surface area contributed by atoms with Gasteiger partial charge in [-0.15, -0.1) is 10.2 Å². The SMILES string of the molecule is CSc1nnc(CCCNC(=O)CCC(C)C)n1C1CCCC1. The van der Waals surface area contributed by atoms with Crippen LogP contribution in [0.3, 0.4) is 0 Å². The van der Waals surface area contributed by atoms with Crippen molar-refractivity contribution in [3.63, 3.8) is 0 Å². The van der Waals surface area contributed by atoms with Crippen molar-refractivity contribution in [2.45, 2.75) is 76.4 Å². The molecule has 1 aliphatic rings. The summed E-state index contributed by atoms with van der Waals surface area (Å²) in [6, 6.07) is 0.572. The highest BCUT2D eigenvalue weighted by Crippen LogP contribution is 2.33. The average Bonchev–Trinajstić information content (AvgIpc) is 3.17. The molecule has 0 aliphatic heterocycles. The van der Waals surface area contributed by atoms with E-state index in [2.05, 4.69) is 40.2 Å². The Kier molecular flexibility index (Phi) is 7.40. The molecule has 0 atom stereocenters. The van der Waals surface area contributed by atoms with Crippen LogP contribution < -0.4 is 5.32 Å². The van der Waals surface area contributed by atoms with Gasteiger partial charge in [0.25, 0.3) is 0 Å². The summed E-state index contributed by atoms with van der Waals surface area (Å²) in [4.78, 5) is 11.7. The van der Waals surface area contributed by atoms with Gasteiger partial charge in [0.15, 0.2) is 5.16 Å². The van der Waals surface area contributed by atoms with E-state index in [1.165, 1.54) is 25.7 Å². The lowest BCUT2D eigenvalue weighted by molar-refractivity contribution is -0.121. The number of amides is 1. The van der Waals surface area contributed by atoms with Crippen molar-refractivity contribution >= 4 is 17.7 Å². The highest BCUT2D eigenvalue weighted by atomic mass is 32.2. The highest BCUT2D eigenvalue weighted by Gasteiger charge is 2.23. The Balaban J connectivity index is 1.79. The summed E-state index contributed by atoms with van der Waals surface area (Å²) < 4.78 is 2.35. The van der Waals surface area contributed by atoms with Crippen LogP contribution in [0.15, 0.2) is 5.16 Å². The van der Waals surface area contributed by atoms with Crippen LogP contribution in [0.4, 0.5) is 0 Å². The summed E-state index contributed by atoms with van der Waals surface area (Å²) in [7, 11) is 0. The summed E-state index contributed by atoms with van der Waals surface area (Å²) in [5, 5.41) is 12.8. The Hall–Kier alpha value is -1.04. The third-order valence-corrected chi connectivity index (χ3v) is 5.10. The van der Waals surface area contributed by atoms with E-state index >= 15 is 0 Å². The molecule has 1 saturated carbocycles. The van der Waals surface area contributed by atoms with Gasteiger partial charge in [-0.25, -0.2) is 0 Å². The van der Waals surface area contributed by atoms with Crippen molar-refractivity contribution < 1.29 is 4.79 Å². The van der Waals surface area contributed by atoms with Gasteiger partial charge in [-0.05, 0) is 37.9 Å². The lowest BCUT2D eigenvalue weighted by atomic mass is 10.1. The standard InChI is InChI=1S/C17H30N4OS/c1-13(2)10-11-16(22)18-12-6-9-15-19-20-17(23-3)21(15)14-7-4-5-8-14/h13-14H,4-12H2,1-3H3,(H,18,22). The summed E-state index contributed by atoms with van der Waals surface area (Å²) in [5.41, 5.74) is 0. The van der Waals surface area contributed by atoms with Crippen LogP contribution in [0, 0.1) is 5.92 Å². The molecule has 0 bridgehead atoms. The van der Waals surface area contributed by atoms with E-state index in [0.29, 0.717) is 18.4 Å². The molecule has 6 heteroatoms. The molecule has 2 rings (SSSR count). The number of nitrogens with one attached hydrogen (secondary N) is 1. The average molecular weight is 339 g/mol. The van der Waals surface area contributed by atoms with Gasteiger partial charge in [0.05, 0.1) is 0 Å². The Morgan fingerprint density at radius 3 is 2.74 bits per heavy atom. The van der Waals surface area contributed by atoms with Crippen LogP contribution >= 0.6 is 11.8 Å². The quantitative estimate of drug-likeness (QED) is 0.552. The Morgan fingerprint density at radius 1 is 1.35 bits per heavy atom. The summed E-state index contributed by atoms with van der Waals surface area (Å²) >= 11 is 1.68. The molecule has 0 saturated heterocycles. The van der Waals surface area contributed by atoms with Gasteiger partial charge in [0.2, 0.25) is 5.91 Å². The van der Waals surface area contributed by atoms with Gasteiger partial charge in [0.1, 0.15) is 5.82 Å². The molecular formula is C17H30N4OS. The number of aryl methyl sites for hydroxylation is 1. The number of nitrogens with zero attached hydrogens (tertiary/aromatic N) is 3. The first-order valence-corrected chi connectivity index (χ1v) is 10.1. The van der Waals surface area contributed by atoms with Crippen molar-refractivity contribution in [1.82, 2.24) is 20.1 Å². The number of rotatable bonds is 9. The molecular weight excluding hydrogens is 308 g/mol. The Bertz CT molecular complexity index is 495. The van der Waals surface area contributed by atoms with Crippen LogP contribution in [0.2, 0.25) is 0 Å². The lowest BCUT2D eigenvalue weighted by Gasteiger charge is -2.16. The fraction of sp³-hybridized carbons (Fsp3) is 0.824. The van der Waals surface area contributed by atoms with Crippen molar-refractivity contribution in [2.24, 2.45) is 5.92 Å². The predicted molar refractivity (Wildman–Crippen MR) is 94.7 cm³/mol. The second-order valence-corrected chi connectivity index (χ2v) is 7.57. The van der Waals surface area contributed by atoms with Crippen LogP contribution in [-0.4, -0.2) is 33.5 Å². The minimum absolute atomic E-state index is 0.167. The van der Waals surface area contributed by atoms with E-state index in [4.69, 9.17) is 0 Å². The van der Waals surface area contributed by atoms with Crippen molar-refractivity contribution in [2.75, 3.05) is 12.8 Å². The number of carbonyl (C=O) groups excluding carboxylic acids is 1. The van der Waals surface area contributed by atoms with Crippen LogP contribution in [0.5, 0.6) is 0 Å². The molecule has 1 N–H and O–H groups in total. The molecule has 1 amide bonds. The second kappa shape index (κ2) is 9.30. The van der Waals surface area contributed by atoms with Crippen molar-refractivity contribution in [1.29, 1.82) is 0 Å². The topological polar surface area (TPSA) is 59.8 Å². The molecule has 0 radical (unpaired) electrons. The molecule has 5 nitrogen and oxygen atoms in total. The maximum atomic E-state index is 11.7. The summed E-state index contributed by atoms with van der Waals surface area (Å²) in [6.45, 7) is 5.02. The number of hydrogen-bond donors (Lipinski definition) is 1. The molecule has 0 aromatic carbocycles. The van der Waals surface area contributed by atoms with E-state index in [1.807, 2.05) is 0 Å². The van der Waals surface area contributed by atoms with Gasteiger partial charge < -0.3 is 9.88 Å². The number of aromatic nitrogens is 3. The minimum atomic E-state index is 0.167. The summed E-state index contributed by atoms with van der Waals surface area (Å²) in [6.07, 6.45) is 10.6. The lowest BCUT2D eigenvalue weighted by Crippen LogP contribution is -2.25. The Labute approximate surface area is 144 Å². The maximum Gasteiger partial charge on any atom is 0.220 e. The molecule has 0 unspecified atom stereocenters. The predicted octanol–water partition coefficient (Wildman–Crippen LogP) is 3.60. The van der Waals surface area contributed by atoms with E-state index < -0.39 is 0 Å². The van der Waals surface area contributed by atoms with Gasteiger partial charge in [-0.2, -0.15) is 0 Å². The number of carbonyl (C=O) groups is 1. The normalized spacial score (nSPS) is 15.5. The van der Waals surface area contributed by atoms with Gasteiger partial charge in [0, 0.05) is 25.4 Å². The van der Waals surface area contributed by atoms with Crippen LogP contribution in [0.1, 0.15) is 70.7 Å². The van der Waals surface area contributed by atoms with Crippen molar-refractivity contribution in [3.8, 4) is 0 Å². The maximum absolute atomic E-state index is 11.7. The number of thioether (sulfide) groups is 1. The molecule has 0 spiro atoms. The van der Waals surface area contributed by atoms with Crippen LogP contribution in [-0.2, 0) is 11.2 Å². The zero-order valence-corrected chi connectivity index (χ0v) is 15.5. The first kappa shape index (κ1) is 18.3. The van der Waals surface area contributed by atoms with Gasteiger partial charge in [-0.3, -0.25) is 4.79 Å². The highest BCUT2D eigenvalue weighted by molar-refractivity contribution is 7.98. The fourth-order valence-electron chi connectivity index (χ4n) is 3.13. The van der Waals surface area contributed by atoms with Crippen LogP contribution in [0.25, 0.3) is 0 Å². The molecule has 1 aromatic rings. The smallest absolute Gasteiger partial charge is 0.220 e. The third-order valence-electron chi connectivity index (χ3n) is 4.46. The zero-order valence-electron chi connectivity index (χ0n) is 14.7. The van der Waals surface area contributed by atoms with E-state index in [1.54, 1.807) is 11.8 Å². The molecule has 1 aliphatic carbocycles. The number of hydrogen-bond acceptors (Lipinski definition) is 4. The molecule has 23 heavy (non-hydrogen) atoms. The second-order valence-electron chi connectivity index (χ2n) is 6.80. The monoisotopic (exact) mass is 338 g/mol. The third kappa shape index (κ3) is 5.52. The molecule has 130 valence electrons. The first-order valence-electron chi connectivity index (χ1n) is 8.86.